The van der Waals surface area contributed by atoms with Crippen molar-refractivity contribution in [2.75, 3.05) is 59.0 Å². The van der Waals surface area contributed by atoms with Crippen molar-refractivity contribution in [1.29, 1.82) is 0 Å². The van der Waals surface area contributed by atoms with Crippen LogP contribution in [0.4, 0.5) is 33.0 Å². The number of amides is 3. The highest BCUT2D eigenvalue weighted by molar-refractivity contribution is 6.10. The monoisotopic (exact) mass is 700 g/mol. The van der Waals surface area contributed by atoms with Crippen LogP contribution in [0.15, 0.2) is 89.5 Å². The summed E-state index contributed by atoms with van der Waals surface area (Å²) < 4.78 is 26.3. The number of nitrogens with zero attached hydrogens (tertiary/aromatic N) is 3. The summed E-state index contributed by atoms with van der Waals surface area (Å²) in [7, 11) is 0. The van der Waals surface area contributed by atoms with Crippen LogP contribution in [0.3, 0.4) is 0 Å². The number of nitrogens with one attached hydrogen (secondary N) is 2. The number of benzene rings is 3. The number of anilines is 5. The van der Waals surface area contributed by atoms with Crippen molar-refractivity contribution in [3.05, 3.63) is 119 Å². The molecule has 11 nitrogen and oxygen atoms in total. The molecule has 264 valence electrons. The minimum atomic E-state index is -0.520. The van der Waals surface area contributed by atoms with Gasteiger partial charge >= 0.3 is 0 Å². The maximum absolute atomic E-state index is 14.7. The van der Waals surface area contributed by atoms with E-state index in [2.05, 4.69) is 20.5 Å². The van der Waals surface area contributed by atoms with Crippen molar-refractivity contribution in [3.63, 3.8) is 0 Å². The third-order valence-corrected chi connectivity index (χ3v) is 10.1. The van der Waals surface area contributed by atoms with Crippen molar-refractivity contribution in [2.24, 2.45) is 5.41 Å². The van der Waals surface area contributed by atoms with Crippen LogP contribution in [0.2, 0.25) is 0 Å². The number of ether oxygens (including phenoxy) is 1. The maximum Gasteiger partial charge on any atom is 0.291 e. The number of halogens is 1. The van der Waals surface area contributed by atoms with Crippen molar-refractivity contribution in [1.82, 2.24) is 4.98 Å². The van der Waals surface area contributed by atoms with Gasteiger partial charge in [0.05, 0.1) is 22.6 Å². The summed E-state index contributed by atoms with van der Waals surface area (Å²) in [4.78, 5) is 48.9. The highest BCUT2D eigenvalue weighted by Gasteiger charge is 2.45. The van der Waals surface area contributed by atoms with Crippen LogP contribution in [0, 0.1) is 18.2 Å². The van der Waals surface area contributed by atoms with Crippen LogP contribution in [0.5, 0.6) is 0 Å². The van der Waals surface area contributed by atoms with Crippen LogP contribution in [-0.4, -0.2) is 55.6 Å². The molecule has 52 heavy (non-hydrogen) atoms. The molecule has 8 rings (SSSR count). The lowest BCUT2D eigenvalue weighted by Crippen LogP contribution is -2.59. The number of nitrogens with two attached hydrogens (primary N) is 1. The molecule has 3 amide bonds. The molecule has 0 bridgehead atoms. The molecule has 1 spiro atoms. The van der Waals surface area contributed by atoms with Gasteiger partial charge in [-0.15, -0.1) is 0 Å². The number of carbonyl (C=O) groups excluding carboxylic acids is 3. The van der Waals surface area contributed by atoms with E-state index in [9.17, 15) is 18.8 Å². The van der Waals surface area contributed by atoms with Gasteiger partial charge in [-0.1, -0.05) is 12.1 Å². The van der Waals surface area contributed by atoms with E-state index in [1.807, 2.05) is 13.0 Å². The van der Waals surface area contributed by atoms with E-state index in [-0.39, 0.29) is 29.5 Å². The molecule has 0 aliphatic carbocycles. The first-order chi connectivity index (χ1) is 25.2. The average Bonchev–Trinajstić information content (AvgIpc) is 3.50. The molecular formula is C40H37FN6O5. The number of furan rings is 1. The molecule has 0 saturated carbocycles. The topological polar surface area (TPSA) is 143 Å². The van der Waals surface area contributed by atoms with Crippen LogP contribution in [-0.2, 0) is 11.2 Å². The van der Waals surface area contributed by atoms with E-state index in [4.69, 9.17) is 14.9 Å². The number of pyridine rings is 1. The number of nitrogen functional groups attached to an aromatic ring is 1. The van der Waals surface area contributed by atoms with Crippen LogP contribution >= 0.6 is 0 Å². The minimum absolute atomic E-state index is 0.0719. The largest absolute Gasteiger partial charge is 0.451 e. The van der Waals surface area contributed by atoms with E-state index in [0.717, 1.165) is 44.7 Å². The van der Waals surface area contributed by atoms with Gasteiger partial charge in [0.15, 0.2) is 5.76 Å². The molecule has 5 aromatic rings. The lowest BCUT2D eigenvalue weighted by atomic mass is 9.73. The number of aryl methyl sites for hydroxylation is 1. The summed E-state index contributed by atoms with van der Waals surface area (Å²) in [5.74, 6) is -0.515. The molecule has 4 N–H and O–H groups in total. The Balaban J connectivity index is 0.989. The number of aromatic nitrogens is 1. The number of para-hydroxylation sites is 2. The molecule has 0 atom stereocenters. The lowest BCUT2D eigenvalue weighted by molar-refractivity contribution is -0.000511. The molecule has 2 aromatic heterocycles. The van der Waals surface area contributed by atoms with E-state index >= 15 is 0 Å². The maximum atomic E-state index is 14.7. The number of hydrogen-bond donors (Lipinski definition) is 3. The third-order valence-electron chi connectivity index (χ3n) is 10.1. The van der Waals surface area contributed by atoms with E-state index in [1.165, 1.54) is 17.0 Å². The number of fused-ring (bicyclic) bond motifs is 3. The summed E-state index contributed by atoms with van der Waals surface area (Å²) >= 11 is 0. The Kier molecular flexibility index (Phi) is 8.46. The van der Waals surface area contributed by atoms with Gasteiger partial charge in [0.2, 0.25) is 0 Å². The molecule has 0 radical (unpaired) electrons. The van der Waals surface area contributed by atoms with Crippen LogP contribution in [0.25, 0.3) is 11.3 Å². The molecule has 2 fully saturated rings. The van der Waals surface area contributed by atoms with Crippen molar-refractivity contribution >= 4 is 46.3 Å². The molecule has 0 unspecified atom stereocenters. The number of carbonyl (C=O) groups is 3. The van der Waals surface area contributed by atoms with E-state index in [1.54, 1.807) is 66.9 Å². The molecule has 3 aliphatic heterocycles. The standard InChI is InChI=1S/C40H37FN6O5/c1-24-18-30(36(43-21-24)46-22-40(23-46)13-16-51-17-14-40)37(48)44-28-9-6-25(7-10-28)39(50)47-15-12-26-19-34(38(49)45-32-5-3-2-4-31(32)42)52-35(26)29-11-8-27(41)20-33(29)47/h2-11,18-21H,12-17,22-23,42H2,1H3,(H,44,48)(H,45,49). The van der Waals surface area contributed by atoms with Crippen LogP contribution < -0.4 is 26.2 Å². The zero-order valence-corrected chi connectivity index (χ0v) is 28.6. The molecule has 2 saturated heterocycles. The van der Waals surface area contributed by atoms with Crippen molar-refractivity contribution in [3.8, 4) is 11.3 Å². The SMILES string of the molecule is Cc1cnc(N2CC3(CCOCC3)C2)c(C(=O)Nc2ccc(C(=O)N3CCc4cc(C(=O)Nc5ccccc5N)oc4-c4ccc(F)cc43)cc2)c1. The second kappa shape index (κ2) is 13.3. The summed E-state index contributed by atoms with van der Waals surface area (Å²) in [6.45, 7) is 5.32. The Morgan fingerprint density at radius 3 is 2.46 bits per heavy atom. The van der Waals surface area contributed by atoms with Crippen molar-refractivity contribution in [2.45, 2.75) is 26.2 Å². The van der Waals surface area contributed by atoms with Gasteiger partial charge in [0, 0.05) is 66.8 Å². The fourth-order valence-corrected chi connectivity index (χ4v) is 7.30. The van der Waals surface area contributed by atoms with Gasteiger partial charge in [0.1, 0.15) is 17.4 Å². The highest BCUT2D eigenvalue weighted by atomic mass is 19.1. The van der Waals surface area contributed by atoms with Crippen LogP contribution in [0.1, 0.15) is 55.2 Å². The Morgan fingerprint density at radius 2 is 1.69 bits per heavy atom. The first kappa shape index (κ1) is 33.2. The summed E-state index contributed by atoms with van der Waals surface area (Å²) in [6, 6.07) is 21.1. The zero-order valence-electron chi connectivity index (χ0n) is 28.6. The van der Waals surface area contributed by atoms with E-state index in [0.29, 0.717) is 63.0 Å². The fourth-order valence-electron chi connectivity index (χ4n) is 7.30. The lowest BCUT2D eigenvalue weighted by Gasteiger charge is -2.53. The third kappa shape index (κ3) is 6.26. The minimum Gasteiger partial charge on any atom is -0.451 e. The number of rotatable bonds is 6. The Hall–Kier alpha value is -6.01. The fraction of sp³-hybridized carbons (Fsp3) is 0.250. The summed E-state index contributed by atoms with van der Waals surface area (Å²) in [6.07, 6.45) is 4.15. The second-order valence-corrected chi connectivity index (χ2v) is 13.8. The van der Waals surface area contributed by atoms with Gasteiger partial charge < -0.3 is 35.3 Å². The predicted molar refractivity (Wildman–Crippen MR) is 196 cm³/mol. The zero-order chi connectivity index (χ0) is 36.0. The van der Waals surface area contributed by atoms with Gasteiger partial charge in [0.25, 0.3) is 17.7 Å². The van der Waals surface area contributed by atoms with E-state index < -0.39 is 11.7 Å². The second-order valence-electron chi connectivity index (χ2n) is 13.8. The predicted octanol–water partition coefficient (Wildman–Crippen LogP) is 6.70. The first-order valence-corrected chi connectivity index (χ1v) is 17.3. The van der Waals surface area contributed by atoms with Gasteiger partial charge in [-0.05, 0) is 98.5 Å². The molecular weight excluding hydrogens is 663 g/mol. The number of hydrogen-bond acceptors (Lipinski definition) is 8. The van der Waals surface area contributed by atoms with Gasteiger partial charge in [-0.3, -0.25) is 14.4 Å². The Labute approximate surface area is 299 Å². The normalized spacial score (nSPS) is 16.0. The first-order valence-electron chi connectivity index (χ1n) is 17.3. The Morgan fingerprint density at radius 1 is 0.923 bits per heavy atom. The average molecular weight is 701 g/mol. The molecule has 3 aliphatic rings. The summed E-state index contributed by atoms with van der Waals surface area (Å²) in [5, 5.41) is 5.74. The molecule has 12 heteroatoms. The van der Waals surface area contributed by atoms with Crippen molar-refractivity contribution < 1.29 is 27.9 Å². The quantitative estimate of drug-likeness (QED) is 0.166. The van der Waals surface area contributed by atoms with Gasteiger partial charge in [-0.2, -0.15) is 0 Å². The summed E-state index contributed by atoms with van der Waals surface area (Å²) in [5.41, 5.74) is 10.8. The highest BCUT2D eigenvalue weighted by Crippen LogP contribution is 2.43. The molecule has 3 aromatic carbocycles. The Bertz CT molecular complexity index is 2200. The smallest absolute Gasteiger partial charge is 0.291 e. The van der Waals surface area contributed by atoms with Gasteiger partial charge in [-0.25, -0.2) is 9.37 Å². The molecule has 5 heterocycles.